The molecule has 0 atom stereocenters. The summed E-state index contributed by atoms with van der Waals surface area (Å²) >= 11 is 0. The number of allylic oxidation sites excluding steroid dienone is 1. The van der Waals surface area contributed by atoms with Crippen LogP contribution >= 0.6 is 0 Å². The summed E-state index contributed by atoms with van der Waals surface area (Å²) in [6, 6.07) is 0. The molecular weight excluding hydrogens is 126 g/mol. The first-order valence-electron chi connectivity index (χ1n) is 3.63. The predicted octanol–water partition coefficient (Wildman–Crippen LogP) is 1.19. The van der Waals surface area contributed by atoms with Gasteiger partial charge in [0.05, 0.1) is 13.2 Å². The Balaban J connectivity index is 2.98. The second-order valence-electron chi connectivity index (χ2n) is 2.46. The summed E-state index contributed by atoms with van der Waals surface area (Å²) in [5, 5.41) is 3.01. The minimum absolute atomic E-state index is 0.740. The van der Waals surface area contributed by atoms with E-state index in [1.807, 2.05) is 7.05 Å². The van der Waals surface area contributed by atoms with Crippen LogP contribution in [0.3, 0.4) is 0 Å². The lowest BCUT2D eigenvalue weighted by Crippen LogP contribution is -2.14. The van der Waals surface area contributed by atoms with E-state index >= 15 is 0 Å². The molecule has 0 aromatic rings. The fourth-order valence-corrected chi connectivity index (χ4v) is 0.483. The molecule has 1 N–H and O–H groups in total. The van der Waals surface area contributed by atoms with Gasteiger partial charge in [0.15, 0.2) is 0 Å². The number of hydrogen-bond acceptors (Lipinski definition) is 2. The van der Waals surface area contributed by atoms with Crippen molar-refractivity contribution in [3.05, 3.63) is 11.6 Å². The molecule has 0 rings (SSSR count). The Labute approximate surface area is 63.3 Å². The monoisotopic (exact) mass is 143 g/mol. The maximum Gasteiger partial charge on any atom is 0.0650 e. The summed E-state index contributed by atoms with van der Waals surface area (Å²) < 4.78 is 5.25. The zero-order chi connectivity index (χ0) is 7.82. The van der Waals surface area contributed by atoms with Crippen LogP contribution in [-0.2, 0) is 4.74 Å². The van der Waals surface area contributed by atoms with E-state index in [2.05, 4.69) is 25.2 Å². The van der Waals surface area contributed by atoms with Crippen LogP contribution in [0.15, 0.2) is 11.6 Å². The first-order valence-corrected chi connectivity index (χ1v) is 3.63. The van der Waals surface area contributed by atoms with Crippen LogP contribution < -0.4 is 5.32 Å². The smallest absolute Gasteiger partial charge is 0.0650 e. The van der Waals surface area contributed by atoms with E-state index in [-0.39, 0.29) is 0 Å². The van der Waals surface area contributed by atoms with Gasteiger partial charge >= 0.3 is 0 Å². The van der Waals surface area contributed by atoms with E-state index in [0.29, 0.717) is 0 Å². The molecule has 0 radical (unpaired) electrons. The highest BCUT2D eigenvalue weighted by Gasteiger charge is 1.82. The van der Waals surface area contributed by atoms with Crippen molar-refractivity contribution in [1.82, 2.24) is 5.32 Å². The van der Waals surface area contributed by atoms with Crippen molar-refractivity contribution in [1.29, 1.82) is 0 Å². The fourth-order valence-electron chi connectivity index (χ4n) is 0.483. The molecule has 0 spiro atoms. The van der Waals surface area contributed by atoms with Gasteiger partial charge in [-0.05, 0) is 20.9 Å². The molecule has 10 heavy (non-hydrogen) atoms. The fraction of sp³-hybridized carbons (Fsp3) is 0.750. The van der Waals surface area contributed by atoms with E-state index in [0.717, 1.165) is 19.8 Å². The lowest BCUT2D eigenvalue weighted by atomic mass is 10.3. The van der Waals surface area contributed by atoms with Crippen molar-refractivity contribution in [2.75, 3.05) is 26.8 Å². The number of likely N-dealkylation sites (N-methyl/N-ethyl adjacent to an activating group) is 1. The van der Waals surface area contributed by atoms with E-state index < -0.39 is 0 Å². The van der Waals surface area contributed by atoms with Gasteiger partial charge in [0.1, 0.15) is 0 Å². The molecule has 0 aliphatic heterocycles. The van der Waals surface area contributed by atoms with Gasteiger partial charge in [-0.3, -0.25) is 0 Å². The number of rotatable bonds is 5. The van der Waals surface area contributed by atoms with Gasteiger partial charge < -0.3 is 10.1 Å². The largest absolute Gasteiger partial charge is 0.376 e. The van der Waals surface area contributed by atoms with Crippen LogP contribution in [0.2, 0.25) is 0 Å². The SMILES string of the molecule is CNCCOCC=C(C)C. The van der Waals surface area contributed by atoms with Crippen molar-refractivity contribution in [2.24, 2.45) is 0 Å². The van der Waals surface area contributed by atoms with E-state index in [4.69, 9.17) is 4.74 Å². The van der Waals surface area contributed by atoms with Crippen LogP contribution in [0.25, 0.3) is 0 Å². The Bertz CT molecular complexity index is 95.4. The van der Waals surface area contributed by atoms with Crippen molar-refractivity contribution in [3.8, 4) is 0 Å². The summed E-state index contributed by atoms with van der Waals surface area (Å²) in [7, 11) is 1.92. The van der Waals surface area contributed by atoms with Gasteiger partial charge in [-0.15, -0.1) is 0 Å². The quantitative estimate of drug-likeness (QED) is 0.461. The Hall–Kier alpha value is -0.340. The van der Waals surface area contributed by atoms with Crippen molar-refractivity contribution < 1.29 is 4.74 Å². The maximum atomic E-state index is 5.25. The highest BCUT2D eigenvalue weighted by molar-refractivity contribution is 4.92. The third-order valence-electron chi connectivity index (χ3n) is 1.11. The summed E-state index contributed by atoms with van der Waals surface area (Å²) in [6.45, 7) is 6.60. The highest BCUT2D eigenvalue weighted by atomic mass is 16.5. The lowest BCUT2D eigenvalue weighted by molar-refractivity contribution is 0.165. The van der Waals surface area contributed by atoms with E-state index in [1.165, 1.54) is 5.57 Å². The summed E-state index contributed by atoms with van der Waals surface area (Å²) in [5.74, 6) is 0. The van der Waals surface area contributed by atoms with Crippen LogP contribution in [0.1, 0.15) is 13.8 Å². The zero-order valence-electron chi connectivity index (χ0n) is 7.11. The van der Waals surface area contributed by atoms with Crippen LogP contribution in [0.5, 0.6) is 0 Å². The lowest BCUT2D eigenvalue weighted by Gasteiger charge is -1.99. The molecule has 0 unspecified atom stereocenters. The van der Waals surface area contributed by atoms with Gasteiger partial charge in [0.2, 0.25) is 0 Å². The van der Waals surface area contributed by atoms with Crippen molar-refractivity contribution in [2.45, 2.75) is 13.8 Å². The molecular formula is C8H17NO. The minimum Gasteiger partial charge on any atom is -0.376 e. The molecule has 60 valence electrons. The minimum atomic E-state index is 0.740. The molecule has 0 heterocycles. The summed E-state index contributed by atoms with van der Waals surface area (Å²) in [4.78, 5) is 0. The molecule has 0 aliphatic carbocycles. The average molecular weight is 143 g/mol. The van der Waals surface area contributed by atoms with Gasteiger partial charge in [-0.25, -0.2) is 0 Å². The first-order chi connectivity index (χ1) is 4.77. The van der Waals surface area contributed by atoms with Crippen LogP contribution in [0, 0.1) is 0 Å². The number of ether oxygens (including phenoxy) is 1. The molecule has 0 aromatic heterocycles. The van der Waals surface area contributed by atoms with Crippen LogP contribution in [-0.4, -0.2) is 26.8 Å². The molecule has 2 heteroatoms. The molecule has 0 aromatic carbocycles. The molecule has 0 saturated carbocycles. The Morgan fingerprint density at radius 1 is 1.50 bits per heavy atom. The molecule has 0 amide bonds. The van der Waals surface area contributed by atoms with Gasteiger partial charge in [0, 0.05) is 6.54 Å². The normalized spacial score (nSPS) is 9.50. The third-order valence-corrected chi connectivity index (χ3v) is 1.11. The number of hydrogen-bond donors (Lipinski definition) is 1. The number of nitrogens with one attached hydrogen (secondary N) is 1. The van der Waals surface area contributed by atoms with E-state index in [9.17, 15) is 0 Å². The first kappa shape index (κ1) is 9.66. The summed E-state index contributed by atoms with van der Waals surface area (Å²) in [5.41, 5.74) is 1.31. The van der Waals surface area contributed by atoms with Crippen molar-refractivity contribution in [3.63, 3.8) is 0 Å². The summed E-state index contributed by atoms with van der Waals surface area (Å²) in [6.07, 6.45) is 2.08. The standard InChI is InChI=1S/C8H17NO/c1-8(2)4-6-10-7-5-9-3/h4,9H,5-7H2,1-3H3. The second-order valence-corrected chi connectivity index (χ2v) is 2.46. The Morgan fingerprint density at radius 3 is 2.70 bits per heavy atom. The second kappa shape index (κ2) is 6.78. The average Bonchev–Trinajstić information content (AvgIpc) is 1.87. The predicted molar refractivity (Wildman–Crippen MR) is 44.2 cm³/mol. The highest BCUT2D eigenvalue weighted by Crippen LogP contribution is 1.87. The molecule has 2 nitrogen and oxygen atoms in total. The van der Waals surface area contributed by atoms with Gasteiger partial charge in [-0.2, -0.15) is 0 Å². The molecule has 0 saturated heterocycles. The van der Waals surface area contributed by atoms with Gasteiger partial charge in [0.25, 0.3) is 0 Å². The topological polar surface area (TPSA) is 21.3 Å². The molecule has 0 bridgehead atoms. The Kier molecular flexibility index (Phi) is 6.55. The molecule has 0 aliphatic rings. The Morgan fingerprint density at radius 2 is 2.20 bits per heavy atom. The van der Waals surface area contributed by atoms with Gasteiger partial charge in [-0.1, -0.05) is 11.6 Å². The zero-order valence-corrected chi connectivity index (χ0v) is 7.11. The van der Waals surface area contributed by atoms with Crippen LogP contribution in [0.4, 0.5) is 0 Å². The van der Waals surface area contributed by atoms with Crippen molar-refractivity contribution >= 4 is 0 Å². The third kappa shape index (κ3) is 7.66. The van der Waals surface area contributed by atoms with E-state index in [1.54, 1.807) is 0 Å². The molecule has 0 fully saturated rings. The maximum absolute atomic E-state index is 5.25.